The fourth-order valence-corrected chi connectivity index (χ4v) is 4.29. The van der Waals surface area contributed by atoms with Gasteiger partial charge in [0.05, 0.1) is 29.6 Å². The van der Waals surface area contributed by atoms with Crippen molar-refractivity contribution in [1.29, 1.82) is 0 Å². The topological polar surface area (TPSA) is 57.0 Å². The highest BCUT2D eigenvalue weighted by Gasteiger charge is 2.48. The lowest BCUT2D eigenvalue weighted by Gasteiger charge is -2.46. The van der Waals surface area contributed by atoms with E-state index < -0.39 is 0 Å². The van der Waals surface area contributed by atoms with Crippen molar-refractivity contribution < 1.29 is 14.0 Å². The maximum Gasteiger partial charge on any atom is 0.257 e. The number of hydrogen-bond donors (Lipinski definition) is 0. The molecule has 2 aromatic heterocycles. The van der Waals surface area contributed by atoms with Gasteiger partial charge in [-0.15, -0.1) is 0 Å². The van der Waals surface area contributed by atoms with Crippen LogP contribution in [0.5, 0.6) is 0 Å². The van der Waals surface area contributed by atoms with E-state index in [0.29, 0.717) is 31.7 Å². The van der Waals surface area contributed by atoms with Gasteiger partial charge in [-0.25, -0.2) is 0 Å². The lowest BCUT2D eigenvalue weighted by molar-refractivity contribution is -0.123. The highest BCUT2D eigenvalue weighted by atomic mass is 32.1. The van der Waals surface area contributed by atoms with Crippen molar-refractivity contribution in [2.24, 2.45) is 0 Å². The quantitative estimate of drug-likeness (QED) is 0.834. The van der Waals surface area contributed by atoms with Crippen molar-refractivity contribution in [3.05, 3.63) is 41.0 Å². The smallest absolute Gasteiger partial charge is 0.257 e. The van der Waals surface area contributed by atoms with E-state index in [-0.39, 0.29) is 17.4 Å². The van der Waals surface area contributed by atoms with Crippen molar-refractivity contribution in [3.8, 4) is 0 Å². The zero-order valence-corrected chi connectivity index (χ0v) is 14.3. The first-order valence-corrected chi connectivity index (χ1v) is 8.89. The molecule has 2 aliphatic rings. The number of rotatable bonds is 2. The van der Waals surface area contributed by atoms with Gasteiger partial charge in [-0.3, -0.25) is 14.5 Å². The van der Waals surface area contributed by atoms with Crippen molar-refractivity contribution in [2.75, 3.05) is 38.1 Å². The Hall–Kier alpha value is -2.12. The molecule has 7 heteroatoms. The van der Waals surface area contributed by atoms with E-state index in [1.54, 1.807) is 17.4 Å². The predicted molar refractivity (Wildman–Crippen MR) is 91.3 cm³/mol. The summed E-state index contributed by atoms with van der Waals surface area (Å²) in [5.41, 5.74) is 1.35. The van der Waals surface area contributed by atoms with Gasteiger partial charge in [-0.1, -0.05) is 0 Å². The predicted octanol–water partition coefficient (Wildman–Crippen LogP) is 1.90. The van der Waals surface area contributed by atoms with Crippen LogP contribution in [0.15, 0.2) is 39.8 Å². The zero-order valence-electron chi connectivity index (χ0n) is 13.5. The second-order valence-electron chi connectivity index (χ2n) is 6.53. The number of anilines is 1. The highest BCUT2D eigenvalue weighted by Crippen LogP contribution is 2.34. The number of thiophene rings is 1. The Labute approximate surface area is 144 Å². The molecule has 24 heavy (non-hydrogen) atoms. The van der Waals surface area contributed by atoms with Gasteiger partial charge in [0.1, 0.15) is 6.26 Å². The first kappa shape index (κ1) is 15.4. The van der Waals surface area contributed by atoms with E-state index in [2.05, 4.69) is 4.90 Å². The van der Waals surface area contributed by atoms with Gasteiger partial charge in [0, 0.05) is 25.0 Å². The third kappa shape index (κ3) is 2.44. The zero-order chi connectivity index (χ0) is 16.7. The number of likely N-dealkylation sites (tertiary alicyclic amines) is 1. The maximum absolute atomic E-state index is 12.6. The number of hydrogen-bond acceptors (Lipinski definition) is 5. The summed E-state index contributed by atoms with van der Waals surface area (Å²) in [4.78, 5) is 30.9. The van der Waals surface area contributed by atoms with E-state index in [0.717, 1.165) is 12.1 Å². The van der Waals surface area contributed by atoms with Crippen LogP contribution < -0.4 is 4.90 Å². The van der Waals surface area contributed by atoms with Crippen LogP contribution in [0, 0.1) is 0 Å². The molecular weight excluding hydrogens is 326 g/mol. The molecular formula is C17H19N3O3S. The van der Waals surface area contributed by atoms with Gasteiger partial charge in [-0.2, -0.15) is 11.3 Å². The highest BCUT2D eigenvalue weighted by molar-refractivity contribution is 7.08. The summed E-state index contributed by atoms with van der Waals surface area (Å²) in [5, 5.41) is 3.98. The summed E-state index contributed by atoms with van der Waals surface area (Å²) in [7, 11) is 1.98. The number of piperazine rings is 1. The molecule has 2 aliphatic heterocycles. The number of furan rings is 1. The fourth-order valence-electron chi connectivity index (χ4n) is 3.64. The number of likely N-dealkylation sites (N-methyl/N-ethyl adjacent to an activating group) is 1. The monoisotopic (exact) mass is 345 g/mol. The molecule has 0 aromatic carbocycles. The average Bonchev–Trinajstić information content (AvgIpc) is 3.32. The van der Waals surface area contributed by atoms with E-state index in [4.69, 9.17) is 4.42 Å². The molecule has 1 atom stereocenters. The van der Waals surface area contributed by atoms with E-state index in [1.165, 1.54) is 12.5 Å². The number of carbonyl (C=O) groups excluding carboxylic acids is 2. The molecule has 2 aromatic rings. The Balaban J connectivity index is 1.56. The number of nitrogens with zero attached hydrogens (tertiary/aromatic N) is 3. The maximum atomic E-state index is 12.6. The fraction of sp³-hybridized carbons (Fsp3) is 0.412. The van der Waals surface area contributed by atoms with Crippen molar-refractivity contribution in [1.82, 2.24) is 9.80 Å². The van der Waals surface area contributed by atoms with Crippen molar-refractivity contribution in [3.63, 3.8) is 0 Å². The average molecular weight is 345 g/mol. The van der Waals surface area contributed by atoms with Crippen LogP contribution in [-0.4, -0.2) is 60.4 Å². The minimum absolute atomic E-state index is 0.00647. The molecule has 0 N–H and O–H groups in total. The van der Waals surface area contributed by atoms with Crippen LogP contribution in [-0.2, 0) is 4.79 Å². The second-order valence-corrected chi connectivity index (χ2v) is 7.31. The summed E-state index contributed by atoms with van der Waals surface area (Å²) in [6.07, 6.45) is 3.86. The molecule has 0 unspecified atom stereocenters. The Morgan fingerprint density at radius 3 is 2.92 bits per heavy atom. The van der Waals surface area contributed by atoms with Gasteiger partial charge < -0.3 is 14.2 Å². The molecule has 2 fully saturated rings. The molecule has 0 bridgehead atoms. The standard InChI is InChI=1S/C17H19N3O3S/c1-18-8-15(21)20(14-3-7-24-10-14)12-17(18)4-5-19(11-17)16(22)13-2-6-23-9-13/h2-3,6-7,9-10H,4-5,8,11-12H2,1H3/t17-/m1/s1. The van der Waals surface area contributed by atoms with Gasteiger partial charge in [0.15, 0.2) is 0 Å². The number of amides is 2. The lowest BCUT2D eigenvalue weighted by atomic mass is 9.93. The minimum Gasteiger partial charge on any atom is -0.472 e. The first-order valence-electron chi connectivity index (χ1n) is 7.94. The van der Waals surface area contributed by atoms with Crippen LogP contribution in [0.1, 0.15) is 16.8 Å². The summed E-state index contributed by atoms with van der Waals surface area (Å²) in [6, 6.07) is 3.67. The van der Waals surface area contributed by atoms with Crippen LogP contribution >= 0.6 is 11.3 Å². The summed E-state index contributed by atoms with van der Waals surface area (Å²) >= 11 is 1.59. The Bertz CT molecular complexity index is 743. The van der Waals surface area contributed by atoms with E-state index >= 15 is 0 Å². The molecule has 4 heterocycles. The van der Waals surface area contributed by atoms with E-state index in [9.17, 15) is 9.59 Å². The minimum atomic E-state index is -0.185. The van der Waals surface area contributed by atoms with Crippen LogP contribution in [0.3, 0.4) is 0 Å². The first-order chi connectivity index (χ1) is 11.6. The third-order valence-corrected chi connectivity index (χ3v) is 5.81. The molecule has 0 saturated carbocycles. The number of carbonyl (C=O) groups is 2. The summed E-state index contributed by atoms with van der Waals surface area (Å²) in [6.45, 7) is 2.32. The molecule has 0 aliphatic carbocycles. The van der Waals surface area contributed by atoms with Crippen molar-refractivity contribution >= 4 is 28.8 Å². The van der Waals surface area contributed by atoms with Gasteiger partial charge >= 0.3 is 0 Å². The molecule has 6 nitrogen and oxygen atoms in total. The Morgan fingerprint density at radius 1 is 1.33 bits per heavy atom. The summed E-state index contributed by atoms with van der Waals surface area (Å²) < 4.78 is 5.02. The summed E-state index contributed by atoms with van der Waals surface area (Å²) in [5.74, 6) is 0.106. The van der Waals surface area contributed by atoms with Crippen LogP contribution in [0.2, 0.25) is 0 Å². The second kappa shape index (κ2) is 5.75. The largest absolute Gasteiger partial charge is 0.472 e. The molecule has 1 spiro atoms. The van der Waals surface area contributed by atoms with Gasteiger partial charge in [0.25, 0.3) is 5.91 Å². The molecule has 2 amide bonds. The molecule has 4 rings (SSSR count). The molecule has 126 valence electrons. The van der Waals surface area contributed by atoms with Crippen molar-refractivity contribution in [2.45, 2.75) is 12.0 Å². The lowest BCUT2D eigenvalue weighted by Crippen LogP contribution is -2.64. The normalized spacial score (nSPS) is 25.0. The van der Waals surface area contributed by atoms with Gasteiger partial charge in [0.2, 0.25) is 5.91 Å². The molecule has 2 saturated heterocycles. The molecule has 0 radical (unpaired) electrons. The third-order valence-electron chi connectivity index (χ3n) is 5.14. The Morgan fingerprint density at radius 2 is 2.21 bits per heavy atom. The van der Waals surface area contributed by atoms with Crippen LogP contribution in [0.25, 0.3) is 0 Å². The SMILES string of the molecule is CN1CC(=O)N(c2ccsc2)C[C@]12CCN(C(=O)c1ccoc1)C2. The van der Waals surface area contributed by atoms with E-state index in [1.807, 2.05) is 33.7 Å². The van der Waals surface area contributed by atoms with Gasteiger partial charge in [-0.05, 0) is 31.0 Å². The Kier molecular flexibility index (Phi) is 3.69. The van der Waals surface area contributed by atoms with Crippen LogP contribution in [0.4, 0.5) is 5.69 Å².